The molecule has 0 bridgehead atoms. The smallest absolute Gasteiger partial charge is 0.0431 e. The number of aliphatic hydroxyl groups is 1. The molecule has 15 heavy (non-hydrogen) atoms. The molecule has 0 saturated carbocycles. The minimum absolute atomic E-state index is 0.331. The summed E-state index contributed by atoms with van der Waals surface area (Å²) in [5, 5.41) is 8.63. The van der Waals surface area contributed by atoms with Crippen LogP contribution in [0, 0.1) is 0 Å². The molecule has 0 aromatic heterocycles. The maximum absolute atomic E-state index is 8.63. The van der Waals surface area contributed by atoms with Gasteiger partial charge in [-0.05, 0) is 46.7 Å². The highest BCUT2D eigenvalue weighted by atomic mass is 79.9. The topological polar surface area (TPSA) is 20.2 Å². The van der Waals surface area contributed by atoms with Gasteiger partial charge in [0, 0.05) is 16.0 Å². The largest absolute Gasteiger partial charge is 0.396 e. The first kappa shape index (κ1) is 13.1. The van der Waals surface area contributed by atoms with E-state index in [0.717, 1.165) is 18.6 Å². The van der Waals surface area contributed by atoms with Gasteiger partial charge in [-0.2, -0.15) is 0 Å². The lowest BCUT2D eigenvalue weighted by Gasteiger charge is -2.03. The second-order valence-corrected chi connectivity index (χ2v) is 5.41. The van der Waals surface area contributed by atoms with Crippen LogP contribution in [0.3, 0.4) is 0 Å². The van der Waals surface area contributed by atoms with Crippen molar-refractivity contribution >= 4 is 27.7 Å². The van der Waals surface area contributed by atoms with Crippen LogP contribution in [-0.2, 0) is 0 Å². The number of benzene rings is 1. The quantitative estimate of drug-likeness (QED) is 0.602. The van der Waals surface area contributed by atoms with Crippen LogP contribution in [0.15, 0.2) is 33.6 Å². The number of aliphatic hydroxyl groups excluding tert-OH is 1. The maximum Gasteiger partial charge on any atom is 0.0431 e. The Morgan fingerprint density at radius 1 is 1.07 bits per heavy atom. The summed E-state index contributed by atoms with van der Waals surface area (Å²) in [6.45, 7) is 0.331. The van der Waals surface area contributed by atoms with Gasteiger partial charge in [-0.1, -0.05) is 25.0 Å². The lowest BCUT2D eigenvalue weighted by Crippen LogP contribution is -1.85. The molecule has 0 aliphatic heterocycles. The average Bonchev–Trinajstić information content (AvgIpc) is 2.25. The third-order valence-electron chi connectivity index (χ3n) is 2.15. The number of rotatable bonds is 7. The molecule has 1 N–H and O–H groups in total. The molecule has 0 radical (unpaired) electrons. The number of halogens is 1. The van der Waals surface area contributed by atoms with Crippen molar-refractivity contribution in [2.24, 2.45) is 0 Å². The Morgan fingerprint density at radius 3 is 2.53 bits per heavy atom. The normalized spacial score (nSPS) is 10.5. The van der Waals surface area contributed by atoms with Gasteiger partial charge in [0.2, 0.25) is 0 Å². The molecule has 0 fully saturated rings. The molecule has 1 aromatic rings. The first-order chi connectivity index (χ1) is 7.34. The van der Waals surface area contributed by atoms with Crippen molar-refractivity contribution in [3.63, 3.8) is 0 Å². The molecule has 3 heteroatoms. The predicted octanol–water partition coefficient (Wildman–Crippen LogP) is 4.09. The highest BCUT2D eigenvalue weighted by molar-refractivity contribution is 9.10. The van der Waals surface area contributed by atoms with Crippen LogP contribution in [0.4, 0.5) is 0 Å². The Morgan fingerprint density at radius 2 is 1.80 bits per heavy atom. The molecule has 1 nitrogen and oxygen atoms in total. The summed E-state index contributed by atoms with van der Waals surface area (Å²) in [6, 6.07) is 8.32. The van der Waals surface area contributed by atoms with Crippen LogP contribution < -0.4 is 0 Å². The molecule has 0 saturated heterocycles. The molecule has 84 valence electrons. The zero-order valence-electron chi connectivity index (χ0n) is 8.79. The van der Waals surface area contributed by atoms with Crippen LogP contribution in [0.25, 0.3) is 0 Å². The SMILES string of the molecule is OCCCCCCSc1ccccc1Br. The second-order valence-electron chi connectivity index (χ2n) is 3.42. The first-order valence-electron chi connectivity index (χ1n) is 5.33. The number of hydrogen-bond donors (Lipinski definition) is 1. The van der Waals surface area contributed by atoms with E-state index in [-0.39, 0.29) is 0 Å². The van der Waals surface area contributed by atoms with Gasteiger partial charge in [0.05, 0.1) is 0 Å². The molecule has 0 amide bonds. The summed E-state index contributed by atoms with van der Waals surface area (Å²) in [7, 11) is 0. The lowest BCUT2D eigenvalue weighted by atomic mass is 10.2. The van der Waals surface area contributed by atoms with Crippen molar-refractivity contribution in [2.75, 3.05) is 12.4 Å². The minimum Gasteiger partial charge on any atom is -0.396 e. The van der Waals surface area contributed by atoms with E-state index in [0.29, 0.717) is 6.61 Å². The zero-order valence-corrected chi connectivity index (χ0v) is 11.2. The molecule has 0 spiro atoms. The second kappa shape index (κ2) is 8.20. The van der Waals surface area contributed by atoms with Gasteiger partial charge in [0.1, 0.15) is 0 Å². The van der Waals surface area contributed by atoms with Crippen LogP contribution in [-0.4, -0.2) is 17.5 Å². The molecule has 0 heterocycles. The Hall–Kier alpha value is 0.01000. The summed E-state index contributed by atoms with van der Waals surface area (Å²) < 4.78 is 1.19. The van der Waals surface area contributed by atoms with Gasteiger partial charge in [-0.25, -0.2) is 0 Å². The van der Waals surface area contributed by atoms with Crippen molar-refractivity contribution in [3.05, 3.63) is 28.7 Å². The molecule has 0 atom stereocenters. The molecule has 0 aliphatic carbocycles. The third-order valence-corrected chi connectivity index (χ3v) is 4.26. The summed E-state index contributed by atoms with van der Waals surface area (Å²) >= 11 is 5.43. The predicted molar refractivity (Wildman–Crippen MR) is 70.4 cm³/mol. The van der Waals surface area contributed by atoms with Crippen molar-refractivity contribution < 1.29 is 5.11 Å². The van der Waals surface area contributed by atoms with E-state index in [9.17, 15) is 0 Å². The fraction of sp³-hybridized carbons (Fsp3) is 0.500. The summed E-state index contributed by atoms with van der Waals surface area (Å²) in [4.78, 5) is 1.32. The third kappa shape index (κ3) is 5.59. The van der Waals surface area contributed by atoms with Crippen molar-refractivity contribution in [1.29, 1.82) is 0 Å². The molecule has 0 aliphatic rings. The van der Waals surface area contributed by atoms with E-state index < -0.39 is 0 Å². The Balaban J connectivity index is 2.12. The summed E-state index contributed by atoms with van der Waals surface area (Å²) in [5.41, 5.74) is 0. The molecular weight excluding hydrogens is 272 g/mol. The van der Waals surface area contributed by atoms with Crippen LogP contribution in [0.5, 0.6) is 0 Å². The Labute approximate surface area is 104 Å². The van der Waals surface area contributed by atoms with E-state index in [1.54, 1.807) is 0 Å². The highest BCUT2D eigenvalue weighted by Crippen LogP contribution is 2.27. The maximum atomic E-state index is 8.63. The fourth-order valence-electron chi connectivity index (χ4n) is 1.31. The minimum atomic E-state index is 0.331. The van der Waals surface area contributed by atoms with Crippen molar-refractivity contribution in [1.82, 2.24) is 0 Å². The monoisotopic (exact) mass is 288 g/mol. The van der Waals surface area contributed by atoms with Crippen LogP contribution in [0.2, 0.25) is 0 Å². The van der Waals surface area contributed by atoms with Crippen molar-refractivity contribution in [3.8, 4) is 0 Å². The van der Waals surface area contributed by atoms with Gasteiger partial charge in [0.25, 0.3) is 0 Å². The summed E-state index contributed by atoms with van der Waals surface area (Å²) in [5.74, 6) is 1.16. The van der Waals surface area contributed by atoms with Crippen LogP contribution >= 0.6 is 27.7 Å². The summed E-state index contributed by atoms with van der Waals surface area (Å²) in [6.07, 6.45) is 4.54. The average molecular weight is 289 g/mol. The van der Waals surface area contributed by atoms with Gasteiger partial charge >= 0.3 is 0 Å². The first-order valence-corrected chi connectivity index (χ1v) is 7.10. The Bertz CT molecular complexity index is 278. The highest BCUT2D eigenvalue weighted by Gasteiger charge is 1.98. The van der Waals surface area contributed by atoms with E-state index in [2.05, 4.69) is 34.1 Å². The number of thioether (sulfide) groups is 1. The van der Waals surface area contributed by atoms with Gasteiger partial charge in [-0.3, -0.25) is 0 Å². The molecular formula is C12H17BrOS. The molecule has 1 rings (SSSR count). The van der Waals surface area contributed by atoms with Crippen molar-refractivity contribution in [2.45, 2.75) is 30.6 Å². The van der Waals surface area contributed by atoms with E-state index in [4.69, 9.17) is 5.11 Å². The fourth-order valence-corrected chi connectivity index (χ4v) is 2.89. The molecule has 0 unspecified atom stereocenters. The van der Waals surface area contributed by atoms with E-state index in [1.807, 2.05) is 17.8 Å². The number of hydrogen-bond acceptors (Lipinski definition) is 2. The molecule has 1 aromatic carbocycles. The van der Waals surface area contributed by atoms with Gasteiger partial charge in [-0.15, -0.1) is 11.8 Å². The number of unbranched alkanes of at least 4 members (excludes halogenated alkanes) is 3. The lowest BCUT2D eigenvalue weighted by molar-refractivity contribution is 0.283. The Kier molecular flexibility index (Phi) is 7.14. The van der Waals surface area contributed by atoms with E-state index >= 15 is 0 Å². The van der Waals surface area contributed by atoms with E-state index in [1.165, 1.54) is 22.2 Å². The van der Waals surface area contributed by atoms with Crippen LogP contribution in [0.1, 0.15) is 25.7 Å². The standard InChI is InChI=1S/C12H17BrOS/c13-11-7-3-4-8-12(11)15-10-6-2-1-5-9-14/h3-4,7-8,14H,1-2,5-6,9-10H2. The zero-order chi connectivity index (χ0) is 10.9. The van der Waals surface area contributed by atoms with Gasteiger partial charge < -0.3 is 5.11 Å². The van der Waals surface area contributed by atoms with Gasteiger partial charge in [0.15, 0.2) is 0 Å².